The van der Waals surface area contributed by atoms with Gasteiger partial charge in [-0.25, -0.2) is 9.59 Å². The Morgan fingerprint density at radius 2 is 1.43 bits per heavy atom. The SMILES string of the molecule is CC(=O)N[C@H]1[C@@H](OC[C@H](NC(=O)OCC(Cl)(Cl)Cl)C(=O)NCCNC(=O)OCc2ccccc2)O[C@H](COC(C)=O)[C@H](OC(C)=O)[C@@H]1OC(C)=O. The molecule has 21 heteroatoms. The lowest BCUT2D eigenvalue weighted by molar-refractivity contribution is -0.278. The van der Waals surface area contributed by atoms with E-state index in [4.69, 9.17) is 68.0 Å². The number of alkyl carbamates (subject to hydrolysis) is 2. The molecule has 1 heterocycles. The molecule has 0 aliphatic carbocycles. The minimum atomic E-state index is -1.98. The smallest absolute Gasteiger partial charge is 0.408 e. The van der Waals surface area contributed by atoms with E-state index in [1.807, 2.05) is 6.07 Å². The molecule has 1 aliphatic rings. The number of carbonyl (C=O) groups excluding carboxylic acids is 7. The summed E-state index contributed by atoms with van der Waals surface area (Å²) in [6.45, 7) is 2.29. The zero-order valence-corrected chi connectivity index (χ0v) is 30.2. The molecule has 4 N–H and O–H groups in total. The highest BCUT2D eigenvalue weighted by Crippen LogP contribution is 2.28. The van der Waals surface area contributed by atoms with E-state index in [2.05, 4.69) is 21.3 Å². The normalized spacial score (nSPS) is 20.4. The van der Waals surface area contributed by atoms with E-state index in [0.717, 1.165) is 33.3 Å². The van der Waals surface area contributed by atoms with Gasteiger partial charge in [0.05, 0.1) is 6.61 Å². The molecule has 1 aliphatic heterocycles. The van der Waals surface area contributed by atoms with Gasteiger partial charge in [0, 0.05) is 40.8 Å². The summed E-state index contributed by atoms with van der Waals surface area (Å²) in [5, 5.41) is 9.71. The van der Waals surface area contributed by atoms with Gasteiger partial charge in [0.15, 0.2) is 18.5 Å². The number of ether oxygens (including phenoxy) is 7. The molecule has 1 saturated heterocycles. The second-order valence-electron chi connectivity index (χ2n) is 10.7. The highest BCUT2D eigenvalue weighted by atomic mass is 35.6. The molecule has 0 radical (unpaired) electrons. The van der Waals surface area contributed by atoms with E-state index in [9.17, 15) is 33.6 Å². The molecule has 51 heavy (non-hydrogen) atoms. The van der Waals surface area contributed by atoms with Gasteiger partial charge in [0.1, 0.15) is 38.0 Å². The quantitative estimate of drug-likeness (QED) is 0.0798. The Morgan fingerprint density at radius 3 is 2.02 bits per heavy atom. The van der Waals surface area contributed by atoms with Crippen LogP contribution in [0.5, 0.6) is 0 Å². The van der Waals surface area contributed by atoms with Crippen molar-refractivity contribution in [2.45, 2.75) is 74.8 Å². The van der Waals surface area contributed by atoms with Crippen molar-refractivity contribution in [1.82, 2.24) is 21.3 Å². The summed E-state index contributed by atoms with van der Waals surface area (Å²) in [6, 6.07) is 6.01. The molecule has 0 aromatic heterocycles. The molecule has 0 unspecified atom stereocenters. The summed E-state index contributed by atoms with van der Waals surface area (Å²) >= 11 is 16.9. The van der Waals surface area contributed by atoms with Crippen LogP contribution in [-0.2, 0) is 63.7 Å². The van der Waals surface area contributed by atoms with Crippen molar-refractivity contribution < 1.29 is 66.7 Å². The number of hydrogen-bond donors (Lipinski definition) is 4. The topological polar surface area (TPSA) is 232 Å². The molecule has 0 spiro atoms. The van der Waals surface area contributed by atoms with E-state index >= 15 is 0 Å². The van der Waals surface area contributed by atoms with Crippen LogP contribution in [0, 0.1) is 0 Å². The monoisotopic (exact) mass is 784 g/mol. The molecule has 1 aromatic rings. The molecule has 0 saturated carbocycles. The summed E-state index contributed by atoms with van der Waals surface area (Å²) < 4.78 is 35.5. The van der Waals surface area contributed by atoms with Gasteiger partial charge < -0.3 is 54.4 Å². The zero-order valence-electron chi connectivity index (χ0n) is 27.9. The van der Waals surface area contributed by atoms with Crippen molar-refractivity contribution in [3.8, 4) is 0 Å². The fraction of sp³-hybridized carbons (Fsp3) is 0.567. The molecule has 1 aromatic carbocycles. The van der Waals surface area contributed by atoms with Crippen molar-refractivity contribution in [3.05, 3.63) is 35.9 Å². The van der Waals surface area contributed by atoms with E-state index in [0.29, 0.717) is 0 Å². The lowest BCUT2D eigenvalue weighted by Crippen LogP contribution is -2.67. The first-order valence-corrected chi connectivity index (χ1v) is 16.3. The van der Waals surface area contributed by atoms with Crippen LogP contribution in [0.1, 0.15) is 33.3 Å². The number of amides is 4. The highest BCUT2D eigenvalue weighted by Gasteiger charge is 2.51. The Labute approximate surface area is 307 Å². The van der Waals surface area contributed by atoms with Crippen LogP contribution in [0.4, 0.5) is 9.59 Å². The minimum Gasteiger partial charge on any atom is -0.463 e. The first-order valence-electron chi connectivity index (χ1n) is 15.2. The Hall–Kier alpha value is -4.10. The van der Waals surface area contributed by atoms with E-state index < -0.39 is 102 Å². The van der Waals surface area contributed by atoms with Crippen LogP contribution in [0.2, 0.25) is 0 Å². The first kappa shape index (κ1) is 43.1. The molecule has 6 atom stereocenters. The number of benzene rings is 1. The van der Waals surface area contributed by atoms with Crippen molar-refractivity contribution in [2.75, 3.05) is 32.9 Å². The second-order valence-corrected chi connectivity index (χ2v) is 13.2. The highest BCUT2D eigenvalue weighted by molar-refractivity contribution is 6.67. The van der Waals surface area contributed by atoms with Gasteiger partial charge >= 0.3 is 30.1 Å². The minimum absolute atomic E-state index is 0.0169. The van der Waals surface area contributed by atoms with Gasteiger partial charge in [-0.1, -0.05) is 65.1 Å². The number of esters is 3. The Morgan fingerprint density at radius 1 is 0.804 bits per heavy atom. The molecule has 1 fully saturated rings. The van der Waals surface area contributed by atoms with Crippen LogP contribution in [0.25, 0.3) is 0 Å². The van der Waals surface area contributed by atoms with E-state index in [1.54, 1.807) is 24.3 Å². The predicted molar refractivity (Wildman–Crippen MR) is 176 cm³/mol. The maximum atomic E-state index is 13.2. The van der Waals surface area contributed by atoms with Gasteiger partial charge in [-0.2, -0.15) is 0 Å². The number of rotatable bonds is 16. The fourth-order valence-corrected chi connectivity index (χ4v) is 4.55. The number of halogens is 3. The zero-order chi connectivity index (χ0) is 38.1. The maximum Gasteiger partial charge on any atom is 0.408 e. The standard InChI is InChI=1S/C30H39Cl3N4O14/c1-16(38)36-23-25(50-19(4)41)24(49-18(3)40)22(14-45-17(2)39)51-27(23)46-13-21(37-29(44)48-15-30(31,32)33)26(42)34-10-11-35-28(43)47-12-20-8-6-5-7-9-20/h5-9,21-25,27H,10-15H2,1-4H3,(H,34,42)(H,35,43)(H,36,38)(H,37,44)/t21-,22+,23+,24-,25+,27-/m0/s1. The third-order valence-corrected chi connectivity index (χ3v) is 6.71. The van der Waals surface area contributed by atoms with Crippen molar-refractivity contribution in [2.24, 2.45) is 0 Å². The van der Waals surface area contributed by atoms with Crippen LogP contribution in [-0.4, -0.2) is 115 Å². The summed E-state index contributed by atoms with van der Waals surface area (Å²) in [6.07, 6.45) is -7.67. The molecule has 4 amide bonds. The summed E-state index contributed by atoms with van der Waals surface area (Å²) in [5.41, 5.74) is 0.762. The summed E-state index contributed by atoms with van der Waals surface area (Å²) in [5.74, 6) is -3.88. The number of carbonyl (C=O) groups is 7. The van der Waals surface area contributed by atoms with Gasteiger partial charge in [0.25, 0.3) is 0 Å². The Bertz CT molecular complexity index is 1370. The summed E-state index contributed by atoms with van der Waals surface area (Å²) in [7, 11) is 0. The average molecular weight is 786 g/mol. The van der Waals surface area contributed by atoms with Crippen molar-refractivity contribution in [1.29, 1.82) is 0 Å². The first-order chi connectivity index (χ1) is 23.9. The maximum absolute atomic E-state index is 13.2. The van der Waals surface area contributed by atoms with Crippen molar-refractivity contribution >= 4 is 76.7 Å². The van der Waals surface area contributed by atoms with Gasteiger partial charge in [-0.05, 0) is 5.56 Å². The van der Waals surface area contributed by atoms with E-state index in [1.165, 1.54) is 0 Å². The fourth-order valence-electron chi connectivity index (χ4n) is 4.39. The van der Waals surface area contributed by atoms with Gasteiger partial charge in [-0.3, -0.25) is 24.0 Å². The average Bonchev–Trinajstić information content (AvgIpc) is 3.03. The summed E-state index contributed by atoms with van der Waals surface area (Å²) in [4.78, 5) is 85.7. The molecular formula is C30H39Cl3N4O14. The third kappa shape index (κ3) is 17.1. The van der Waals surface area contributed by atoms with Crippen LogP contribution in [0.3, 0.4) is 0 Å². The van der Waals surface area contributed by atoms with Crippen LogP contribution < -0.4 is 21.3 Å². The molecule has 0 bridgehead atoms. The Kier molecular flexibility index (Phi) is 18.0. The van der Waals surface area contributed by atoms with Gasteiger partial charge in [0.2, 0.25) is 15.6 Å². The lowest BCUT2D eigenvalue weighted by Gasteiger charge is -2.45. The van der Waals surface area contributed by atoms with Crippen LogP contribution in [0.15, 0.2) is 30.3 Å². The largest absolute Gasteiger partial charge is 0.463 e. The predicted octanol–water partition coefficient (Wildman–Crippen LogP) is 1.17. The number of alkyl halides is 3. The lowest BCUT2D eigenvalue weighted by atomic mass is 9.96. The Balaban J connectivity index is 2.22. The number of nitrogens with one attached hydrogen (secondary N) is 4. The van der Waals surface area contributed by atoms with Gasteiger partial charge in [-0.15, -0.1) is 0 Å². The van der Waals surface area contributed by atoms with Crippen LogP contribution >= 0.6 is 34.8 Å². The molecule has 2 rings (SSSR count). The molecule has 18 nitrogen and oxygen atoms in total. The molecule has 284 valence electrons. The third-order valence-electron chi connectivity index (χ3n) is 6.38. The van der Waals surface area contributed by atoms with Crippen molar-refractivity contribution in [3.63, 3.8) is 0 Å². The van der Waals surface area contributed by atoms with E-state index in [-0.39, 0.29) is 19.7 Å². The number of hydrogen-bond acceptors (Lipinski definition) is 14. The molecular weight excluding hydrogens is 747 g/mol. The second kappa shape index (κ2) is 21.3.